The Bertz CT molecular complexity index is 1250. The summed E-state index contributed by atoms with van der Waals surface area (Å²) < 4.78 is 29.0. The molecule has 12 heteroatoms. The van der Waals surface area contributed by atoms with Crippen LogP contribution in [0.4, 0.5) is 4.79 Å². The summed E-state index contributed by atoms with van der Waals surface area (Å²) in [5, 5.41) is 26.1. The van der Waals surface area contributed by atoms with Gasteiger partial charge in [0, 0.05) is 0 Å². The van der Waals surface area contributed by atoms with Crippen molar-refractivity contribution in [3.8, 4) is 6.07 Å². The predicted molar refractivity (Wildman–Crippen MR) is 140 cm³/mol. The van der Waals surface area contributed by atoms with Crippen molar-refractivity contribution in [3.63, 3.8) is 0 Å². The first kappa shape index (κ1) is 29.7. The molecule has 0 unspecified atom stereocenters. The van der Waals surface area contributed by atoms with E-state index < -0.39 is 48.4 Å². The van der Waals surface area contributed by atoms with Crippen molar-refractivity contribution in [2.45, 2.75) is 96.7 Å². The summed E-state index contributed by atoms with van der Waals surface area (Å²) in [7, 11) is 0. The van der Waals surface area contributed by atoms with Gasteiger partial charge in [-0.25, -0.2) is 14.3 Å². The van der Waals surface area contributed by atoms with Gasteiger partial charge in [0.2, 0.25) is 5.60 Å². The van der Waals surface area contributed by atoms with Crippen LogP contribution in [-0.4, -0.2) is 69.6 Å². The number of hydrogen-bond donors (Lipinski definition) is 1. The van der Waals surface area contributed by atoms with Crippen LogP contribution in [-0.2, 0) is 34.1 Å². The largest absolute Gasteiger partial charge is 0.510 e. The first-order valence-electron chi connectivity index (χ1n) is 13.7. The second kappa shape index (κ2) is 12.1. The molecule has 2 aliphatic rings. The Morgan fingerprint density at radius 1 is 1.25 bits per heavy atom. The number of nitriles is 1. The van der Waals surface area contributed by atoms with E-state index in [0.29, 0.717) is 11.2 Å². The lowest BCUT2D eigenvalue weighted by atomic mass is 9.71. The normalized spacial score (nSPS) is 25.6. The molecule has 218 valence electrons. The van der Waals surface area contributed by atoms with Crippen molar-refractivity contribution in [1.82, 2.24) is 14.6 Å². The predicted octanol–water partition coefficient (Wildman–Crippen LogP) is 3.57. The average Bonchev–Trinajstić information content (AvgIpc) is 3.48. The number of rotatable bonds is 9. The number of aliphatic hydroxyl groups is 1. The van der Waals surface area contributed by atoms with Crippen LogP contribution in [0.15, 0.2) is 18.5 Å². The number of ether oxygens (including phenoxy) is 5. The smallest absolute Gasteiger partial charge is 0.462 e. The van der Waals surface area contributed by atoms with Crippen molar-refractivity contribution in [2.24, 2.45) is 11.3 Å². The first-order valence-corrected chi connectivity index (χ1v) is 13.7. The van der Waals surface area contributed by atoms with Gasteiger partial charge in [0.1, 0.15) is 37.3 Å². The molecule has 1 N–H and O–H groups in total. The van der Waals surface area contributed by atoms with E-state index in [0.717, 1.165) is 32.1 Å². The van der Waals surface area contributed by atoms with E-state index in [-0.39, 0.29) is 24.2 Å². The number of carbonyl (C=O) groups excluding carboxylic acids is 2. The minimum Gasteiger partial charge on any atom is -0.462 e. The topological polar surface area (TPSA) is 154 Å². The molecule has 1 saturated carbocycles. The van der Waals surface area contributed by atoms with Gasteiger partial charge in [0.25, 0.3) is 0 Å². The van der Waals surface area contributed by atoms with Gasteiger partial charge in [0.15, 0.2) is 6.79 Å². The van der Waals surface area contributed by atoms with Crippen LogP contribution in [0.2, 0.25) is 0 Å². The van der Waals surface area contributed by atoms with Crippen LogP contribution >= 0.6 is 0 Å². The minimum atomic E-state index is -1.92. The molecule has 40 heavy (non-hydrogen) atoms. The van der Waals surface area contributed by atoms with Crippen LogP contribution in [0, 0.1) is 29.6 Å². The Labute approximate surface area is 233 Å². The van der Waals surface area contributed by atoms with Gasteiger partial charge in [-0.15, -0.1) is 0 Å². The van der Waals surface area contributed by atoms with Crippen LogP contribution in [0.1, 0.15) is 71.2 Å². The fourth-order valence-corrected chi connectivity index (χ4v) is 5.56. The molecule has 4 atom stereocenters. The second-order valence-electron chi connectivity index (χ2n) is 11.3. The van der Waals surface area contributed by atoms with E-state index in [4.69, 9.17) is 23.7 Å². The summed E-state index contributed by atoms with van der Waals surface area (Å²) >= 11 is 0. The third-order valence-corrected chi connectivity index (χ3v) is 7.92. The maximum absolute atomic E-state index is 13.2. The van der Waals surface area contributed by atoms with Crippen molar-refractivity contribution >= 4 is 17.6 Å². The fraction of sp³-hybridized carbons (Fsp3) is 0.679. The quantitative estimate of drug-likeness (QED) is 0.355. The Hall–Kier alpha value is -3.27. The van der Waals surface area contributed by atoms with Crippen molar-refractivity contribution in [3.05, 3.63) is 29.8 Å². The summed E-state index contributed by atoms with van der Waals surface area (Å²) in [5.74, 6) is -0.191. The van der Waals surface area contributed by atoms with Gasteiger partial charge in [-0.1, -0.05) is 19.3 Å². The van der Waals surface area contributed by atoms with E-state index in [1.165, 1.54) is 10.8 Å². The molecule has 0 spiro atoms. The van der Waals surface area contributed by atoms with Crippen LogP contribution in [0.3, 0.4) is 0 Å². The average molecular weight is 559 g/mol. The number of esters is 1. The zero-order valence-electron chi connectivity index (χ0n) is 23.7. The highest BCUT2D eigenvalue weighted by atomic mass is 16.8. The van der Waals surface area contributed by atoms with E-state index >= 15 is 0 Å². The SMILES string of the molecule is Cc1ncnn2c([C@]3(C#N)O[C@H](COC(=O)C(C)(C)C4CCCCC4)[C@@H](OCOC(=O)OC(C)C)[C@H]3O)ccc12. The molecule has 1 aliphatic heterocycles. The van der Waals surface area contributed by atoms with Crippen molar-refractivity contribution < 1.29 is 38.4 Å². The van der Waals surface area contributed by atoms with Gasteiger partial charge in [-0.2, -0.15) is 10.4 Å². The number of aromatic nitrogens is 3. The molecule has 0 aromatic carbocycles. The molecule has 2 aromatic heterocycles. The lowest BCUT2D eigenvalue weighted by Crippen LogP contribution is -2.43. The molecule has 0 amide bonds. The van der Waals surface area contributed by atoms with Crippen LogP contribution < -0.4 is 0 Å². The lowest BCUT2D eigenvalue weighted by Gasteiger charge is -2.35. The zero-order valence-corrected chi connectivity index (χ0v) is 23.7. The highest BCUT2D eigenvalue weighted by Gasteiger charge is 2.59. The number of hydrogen-bond acceptors (Lipinski definition) is 11. The molecule has 4 rings (SSSR count). The molecule has 12 nitrogen and oxygen atoms in total. The standard InChI is InChI=1S/C28H38N4O8/c1-17(2)39-26(35)38-16-37-23-21(13-36-25(34)27(4,5)19-9-7-6-8-10-19)40-28(14-29,24(23)33)22-12-11-20-18(3)30-15-31-32(20)22/h11-12,15,17,19,21,23-24,33H,6-10,13,16H2,1-5H3/t21-,23-,24-,28+/m1/s1. The monoisotopic (exact) mass is 558 g/mol. The number of fused-ring (bicyclic) bond motifs is 1. The molecule has 1 aliphatic carbocycles. The summed E-state index contributed by atoms with van der Waals surface area (Å²) in [6, 6.07) is 5.44. The number of nitrogens with zero attached hydrogens (tertiary/aromatic N) is 4. The minimum absolute atomic E-state index is 0.199. The Balaban J connectivity index is 1.57. The van der Waals surface area contributed by atoms with Gasteiger partial charge >= 0.3 is 12.1 Å². The van der Waals surface area contributed by atoms with Crippen LogP contribution in [0.5, 0.6) is 0 Å². The van der Waals surface area contributed by atoms with E-state index in [9.17, 15) is 20.0 Å². The summed E-state index contributed by atoms with van der Waals surface area (Å²) in [6.07, 6.45) is 1.43. The molecule has 0 radical (unpaired) electrons. The van der Waals surface area contributed by atoms with Gasteiger partial charge in [-0.05, 0) is 65.5 Å². The molecule has 1 saturated heterocycles. The number of aryl methyl sites for hydroxylation is 1. The first-order chi connectivity index (χ1) is 19.0. The van der Waals surface area contributed by atoms with E-state index in [2.05, 4.69) is 16.2 Å². The lowest BCUT2D eigenvalue weighted by molar-refractivity contribution is -0.167. The fourth-order valence-electron chi connectivity index (χ4n) is 5.56. The Morgan fingerprint density at radius 3 is 2.65 bits per heavy atom. The maximum atomic E-state index is 13.2. The third kappa shape index (κ3) is 5.77. The van der Waals surface area contributed by atoms with Gasteiger partial charge < -0.3 is 28.8 Å². The third-order valence-electron chi connectivity index (χ3n) is 7.92. The molecule has 2 fully saturated rings. The van der Waals surface area contributed by atoms with E-state index in [1.54, 1.807) is 32.9 Å². The number of carbonyl (C=O) groups is 2. The van der Waals surface area contributed by atoms with Gasteiger partial charge in [0.05, 0.1) is 28.4 Å². The molecule has 3 heterocycles. The molecule has 2 aromatic rings. The molecular weight excluding hydrogens is 520 g/mol. The summed E-state index contributed by atoms with van der Waals surface area (Å²) in [6.45, 7) is 8.04. The molecule has 0 bridgehead atoms. The van der Waals surface area contributed by atoms with Crippen LogP contribution in [0.25, 0.3) is 5.52 Å². The summed E-state index contributed by atoms with van der Waals surface area (Å²) in [4.78, 5) is 29.3. The van der Waals surface area contributed by atoms with E-state index in [1.807, 2.05) is 13.8 Å². The van der Waals surface area contributed by atoms with Crippen molar-refractivity contribution in [1.29, 1.82) is 5.26 Å². The highest BCUT2D eigenvalue weighted by molar-refractivity contribution is 5.76. The summed E-state index contributed by atoms with van der Waals surface area (Å²) in [5.41, 5.74) is -1.08. The Morgan fingerprint density at radius 2 is 1.98 bits per heavy atom. The van der Waals surface area contributed by atoms with Crippen molar-refractivity contribution in [2.75, 3.05) is 13.4 Å². The maximum Gasteiger partial charge on any atom is 0.510 e. The second-order valence-corrected chi connectivity index (χ2v) is 11.3. The number of aliphatic hydroxyl groups excluding tert-OH is 1. The highest BCUT2D eigenvalue weighted by Crippen LogP contribution is 2.43. The molecular formula is C28H38N4O8. The van der Waals surface area contributed by atoms with Gasteiger partial charge in [-0.3, -0.25) is 4.79 Å². The zero-order chi connectivity index (χ0) is 29.1. The Kier molecular flexibility index (Phi) is 8.97.